The van der Waals surface area contributed by atoms with Gasteiger partial charge in [-0.05, 0) is 61.4 Å². The Kier molecular flexibility index (Phi) is 6.22. The van der Waals surface area contributed by atoms with E-state index in [2.05, 4.69) is 10.9 Å². The molecular formula is C18H20N4O6S2. The molecule has 2 aromatic rings. The molecule has 0 atom stereocenters. The minimum absolute atomic E-state index is 0.0972. The number of hydrazine groups is 1. The molecule has 0 unspecified atom stereocenters. The van der Waals surface area contributed by atoms with Crippen LogP contribution in [0.3, 0.4) is 0 Å². The number of nitrogens with one attached hydrogen (secondary N) is 2. The van der Waals surface area contributed by atoms with Gasteiger partial charge in [0.15, 0.2) is 0 Å². The van der Waals surface area contributed by atoms with Crippen LogP contribution >= 0.6 is 0 Å². The summed E-state index contributed by atoms with van der Waals surface area (Å²) in [6.45, 7) is 0.962. The van der Waals surface area contributed by atoms with Crippen molar-refractivity contribution < 1.29 is 26.4 Å². The first-order chi connectivity index (χ1) is 14.1. The Morgan fingerprint density at radius 2 is 1.13 bits per heavy atom. The highest BCUT2D eigenvalue weighted by molar-refractivity contribution is 7.89. The number of amides is 2. The molecule has 1 saturated heterocycles. The van der Waals surface area contributed by atoms with Crippen LogP contribution in [0.4, 0.5) is 0 Å². The second-order valence-corrected chi connectivity index (χ2v) is 10.1. The minimum atomic E-state index is -3.87. The third kappa shape index (κ3) is 4.84. The maximum Gasteiger partial charge on any atom is 0.269 e. The fourth-order valence-corrected chi connectivity index (χ4v) is 4.94. The fraction of sp³-hybridized carbons (Fsp3) is 0.222. The summed E-state index contributed by atoms with van der Waals surface area (Å²) in [6.07, 6.45) is 1.65. The van der Waals surface area contributed by atoms with Gasteiger partial charge < -0.3 is 0 Å². The van der Waals surface area contributed by atoms with Gasteiger partial charge >= 0.3 is 0 Å². The van der Waals surface area contributed by atoms with E-state index in [1.165, 1.54) is 52.8 Å². The normalized spacial score (nSPS) is 15.0. The molecule has 1 aliphatic heterocycles. The molecule has 0 bridgehead atoms. The summed E-state index contributed by atoms with van der Waals surface area (Å²) in [7, 11) is -7.45. The Hall–Kier alpha value is -2.80. The lowest BCUT2D eigenvalue weighted by atomic mass is 10.2. The molecule has 0 aliphatic carbocycles. The van der Waals surface area contributed by atoms with E-state index >= 15 is 0 Å². The predicted molar refractivity (Wildman–Crippen MR) is 107 cm³/mol. The van der Waals surface area contributed by atoms with Gasteiger partial charge in [0.1, 0.15) is 0 Å². The first kappa shape index (κ1) is 21.9. The largest absolute Gasteiger partial charge is 0.269 e. The number of rotatable bonds is 5. The van der Waals surface area contributed by atoms with E-state index in [9.17, 15) is 26.4 Å². The number of hydrogen-bond acceptors (Lipinski definition) is 6. The lowest BCUT2D eigenvalue weighted by Crippen LogP contribution is -2.41. The number of nitrogens with two attached hydrogens (primary N) is 1. The number of primary sulfonamides is 1. The van der Waals surface area contributed by atoms with Crippen molar-refractivity contribution in [3.05, 3.63) is 59.7 Å². The Morgan fingerprint density at radius 3 is 1.53 bits per heavy atom. The zero-order valence-corrected chi connectivity index (χ0v) is 17.4. The monoisotopic (exact) mass is 452 g/mol. The second kappa shape index (κ2) is 8.52. The molecule has 1 fully saturated rings. The van der Waals surface area contributed by atoms with E-state index in [0.717, 1.165) is 12.8 Å². The molecule has 1 aliphatic rings. The Labute approximate surface area is 174 Å². The fourth-order valence-electron chi connectivity index (χ4n) is 2.91. The van der Waals surface area contributed by atoms with Crippen LogP contribution in [-0.2, 0) is 20.0 Å². The molecule has 10 nitrogen and oxygen atoms in total. The molecule has 2 aromatic carbocycles. The topological polar surface area (TPSA) is 156 Å². The number of carbonyl (C=O) groups is 2. The number of carbonyl (C=O) groups excluding carboxylic acids is 2. The van der Waals surface area contributed by atoms with E-state index in [1.807, 2.05) is 0 Å². The quantitative estimate of drug-likeness (QED) is 0.550. The van der Waals surface area contributed by atoms with E-state index in [1.54, 1.807) is 0 Å². The maximum absolute atomic E-state index is 12.5. The zero-order chi connectivity index (χ0) is 21.9. The standard InChI is InChI=1S/C18H20N4O6S2/c19-29(25,26)15-7-3-13(4-8-15)17(23)20-21-18(24)14-5-9-16(10-6-14)30(27,28)22-11-1-2-12-22/h3-10H,1-2,11-12H2,(H,20,23)(H,21,24)(H2,19,25,26). The smallest absolute Gasteiger partial charge is 0.267 e. The van der Waals surface area contributed by atoms with Gasteiger partial charge in [-0.1, -0.05) is 0 Å². The number of benzene rings is 2. The van der Waals surface area contributed by atoms with Crippen molar-refractivity contribution >= 4 is 31.9 Å². The van der Waals surface area contributed by atoms with Crippen LogP contribution in [0.5, 0.6) is 0 Å². The predicted octanol–water partition coefficient (Wildman–Crippen LogP) is 0.193. The molecule has 0 saturated carbocycles. The molecule has 2 amide bonds. The Balaban J connectivity index is 1.61. The maximum atomic E-state index is 12.5. The van der Waals surface area contributed by atoms with Crippen LogP contribution in [-0.4, -0.2) is 46.0 Å². The SMILES string of the molecule is NS(=O)(=O)c1ccc(C(=O)NNC(=O)c2ccc(S(=O)(=O)N3CCCC3)cc2)cc1. The highest BCUT2D eigenvalue weighted by Gasteiger charge is 2.27. The highest BCUT2D eigenvalue weighted by atomic mass is 32.2. The van der Waals surface area contributed by atoms with Crippen LogP contribution in [0, 0.1) is 0 Å². The van der Waals surface area contributed by atoms with Crippen LogP contribution in [0.1, 0.15) is 33.6 Å². The molecule has 30 heavy (non-hydrogen) atoms. The van der Waals surface area contributed by atoms with Crippen LogP contribution in [0.15, 0.2) is 58.3 Å². The summed E-state index contributed by atoms with van der Waals surface area (Å²) in [5.41, 5.74) is 4.67. The Bertz CT molecular complexity index is 1150. The highest BCUT2D eigenvalue weighted by Crippen LogP contribution is 2.21. The van der Waals surface area contributed by atoms with Gasteiger partial charge in [-0.15, -0.1) is 0 Å². The van der Waals surface area contributed by atoms with Gasteiger partial charge in [-0.25, -0.2) is 22.0 Å². The molecule has 12 heteroatoms. The van der Waals surface area contributed by atoms with Crippen molar-refractivity contribution in [1.29, 1.82) is 0 Å². The molecule has 3 rings (SSSR count). The van der Waals surface area contributed by atoms with Gasteiger partial charge in [-0.3, -0.25) is 20.4 Å². The number of sulfonamides is 2. The van der Waals surface area contributed by atoms with Crippen molar-refractivity contribution in [3.63, 3.8) is 0 Å². The van der Waals surface area contributed by atoms with Crippen LogP contribution in [0.25, 0.3) is 0 Å². The van der Waals surface area contributed by atoms with Crippen molar-refractivity contribution in [2.24, 2.45) is 5.14 Å². The lowest BCUT2D eigenvalue weighted by Gasteiger charge is -2.15. The summed E-state index contributed by atoms with van der Waals surface area (Å²) in [4.78, 5) is 24.2. The van der Waals surface area contributed by atoms with Crippen molar-refractivity contribution in [2.45, 2.75) is 22.6 Å². The summed E-state index contributed by atoms with van der Waals surface area (Å²) >= 11 is 0. The van der Waals surface area contributed by atoms with Gasteiger partial charge in [-0.2, -0.15) is 4.31 Å². The van der Waals surface area contributed by atoms with Crippen LogP contribution in [0.2, 0.25) is 0 Å². The lowest BCUT2D eigenvalue weighted by molar-refractivity contribution is 0.0846. The first-order valence-corrected chi connectivity index (χ1v) is 11.9. The Morgan fingerprint density at radius 1 is 0.733 bits per heavy atom. The first-order valence-electron chi connectivity index (χ1n) is 8.93. The van der Waals surface area contributed by atoms with Gasteiger partial charge in [0, 0.05) is 24.2 Å². The van der Waals surface area contributed by atoms with Crippen LogP contribution < -0.4 is 16.0 Å². The van der Waals surface area contributed by atoms with Crippen molar-refractivity contribution in [3.8, 4) is 0 Å². The summed E-state index contributed by atoms with van der Waals surface area (Å²) in [6, 6.07) is 10.2. The minimum Gasteiger partial charge on any atom is -0.267 e. The zero-order valence-electron chi connectivity index (χ0n) is 15.7. The van der Waals surface area contributed by atoms with E-state index < -0.39 is 31.9 Å². The summed E-state index contributed by atoms with van der Waals surface area (Å²) in [5.74, 6) is -1.31. The molecule has 0 radical (unpaired) electrons. The third-order valence-corrected chi connectivity index (χ3v) is 7.40. The van der Waals surface area contributed by atoms with E-state index in [0.29, 0.717) is 13.1 Å². The molecule has 160 valence electrons. The van der Waals surface area contributed by atoms with E-state index in [4.69, 9.17) is 5.14 Å². The second-order valence-electron chi connectivity index (χ2n) is 6.61. The van der Waals surface area contributed by atoms with E-state index in [-0.39, 0.29) is 20.9 Å². The summed E-state index contributed by atoms with van der Waals surface area (Å²) in [5, 5.41) is 4.99. The van der Waals surface area contributed by atoms with Crippen molar-refractivity contribution in [2.75, 3.05) is 13.1 Å². The average Bonchev–Trinajstić information content (AvgIpc) is 3.27. The average molecular weight is 453 g/mol. The van der Waals surface area contributed by atoms with Crippen molar-refractivity contribution in [1.82, 2.24) is 15.2 Å². The summed E-state index contributed by atoms with van der Waals surface area (Å²) < 4.78 is 48.9. The van der Waals surface area contributed by atoms with Gasteiger partial charge in [0.05, 0.1) is 9.79 Å². The molecular weight excluding hydrogens is 432 g/mol. The molecule has 4 N–H and O–H groups in total. The molecule has 1 heterocycles. The molecule has 0 spiro atoms. The third-order valence-electron chi connectivity index (χ3n) is 4.55. The number of nitrogens with zero attached hydrogens (tertiary/aromatic N) is 1. The molecule has 0 aromatic heterocycles. The van der Waals surface area contributed by atoms with Gasteiger partial charge in [0.25, 0.3) is 11.8 Å². The van der Waals surface area contributed by atoms with Gasteiger partial charge in [0.2, 0.25) is 20.0 Å². The number of hydrogen-bond donors (Lipinski definition) is 3.